The average molecular weight is 540 g/mol. The zero-order valence-corrected chi connectivity index (χ0v) is 22.0. The number of amides is 4. The lowest BCUT2D eigenvalue weighted by Gasteiger charge is -2.25. The Morgan fingerprint density at radius 1 is 0.946 bits per heavy atom. The van der Waals surface area contributed by atoms with Gasteiger partial charge in [0.25, 0.3) is 0 Å². The number of carbonyl (C=O) groups excluding carboxylic acids is 4. The van der Waals surface area contributed by atoms with Crippen molar-refractivity contribution in [1.82, 2.24) is 16.0 Å². The van der Waals surface area contributed by atoms with Gasteiger partial charge in [0.05, 0.1) is 12.5 Å². The summed E-state index contributed by atoms with van der Waals surface area (Å²) in [6.45, 7) is 3.62. The molecule has 0 radical (unpaired) electrons. The SMILES string of the molecule is CCC(C)C(N)C(=O)NC(CC(N)=O)C(=O)NC(CCSC)C(=O)NC(Cc1ccc(O)cc1)C(=O)O. The Labute approximate surface area is 220 Å². The number of rotatable bonds is 16. The van der Waals surface area contributed by atoms with E-state index in [1.165, 1.54) is 36.0 Å². The standard InChI is InChI=1S/C24H37N5O7S/c1-4-13(2)20(26)23(34)28-17(12-19(25)31)22(33)27-16(9-10-37-3)21(32)29-18(24(35)36)11-14-5-7-15(30)8-6-14/h5-8,13,16-18,20,30H,4,9-12,26H2,1-3H3,(H2,25,31)(H,27,33)(H,28,34)(H,29,32)(H,35,36). The van der Waals surface area contributed by atoms with Gasteiger partial charge in [0, 0.05) is 6.42 Å². The number of phenolic OH excluding ortho intramolecular Hbond substituents is 1. The minimum absolute atomic E-state index is 0.0159. The number of nitrogens with one attached hydrogen (secondary N) is 3. The van der Waals surface area contributed by atoms with E-state index in [2.05, 4.69) is 16.0 Å². The van der Waals surface area contributed by atoms with Crippen molar-refractivity contribution >= 4 is 41.4 Å². The van der Waals surface area contributed by atoms with Crippen LogP contribution in [-0.2, 0) is 30.4 Å². The van der Waals surface area contributed by atoms with Gasteiger partial charge in [0.2, 0.25) is 23.6 Å². The number of aliphatic carboxylic acids is 1. The average Bonchev–Trinajstić information content (AvgIpc) is 2.85. The van der Waals surface area contributed by atoms with Gasteiger partial charge in [-0.3, -0.25) is 19.2 Å². The maximum atomic E-state index is 13.0. The summed E-state index contributed by atoms with van der Waals surface area (Å²) in [5.74, 6) is -4.04. The van der Waals surface area contributed by atoms with Gasteiger partial charge in [-0.2, -0.15) is 11.8 Å². The molecule has 1 aromatic rings. The number of aromatic hydroxyl groups is 1. The Bertz CT molecular complexity index is 944. The molecule has 0 saturated heterocycles. The highest BCUT2D eigenvalue weighted by atomic mass is 32.2. The van der Waals surface area contributed by atoms with E-state index in [0.29, 0.717) is 17.7 Å². The molecule has 1 rings (SSSR count). The van der Waals surface area contributed by atoms with Crippen molar-refractivity contribution in [3.05, 3.63) is 29.8 Å². The molecule has 0 aliphatic rings. The van der Waals surface area contributed by atoms with Gasteiger partial charge in [-0.15, -0.1) is 0 Å². The van der Waals surface area contributed by atoms with E-state index in [1.807, 2.05) is 6.92 Å². The van der Waals surface area contributed by atoms with Gasteiger partial charge in [-0.25, -0.2) is 4.79 Å². The third kappa shape index (κ3) is 11.1. The van der Waals surface area contributed by atoms with Gasteiger partial charge in [-0.05, 0) is 42.0 Å². The fourth-order valence-electron chi connectivity index (χ4n) is 3.31. The van der Waals surface area contributed by atoms with Crippen LogP contribution in [0.5, 0.6) is 5.75 Å². The molecule has 12 nitrogen and oxygen atoms in total. The predicted molar refractivity (Wildman–Crippen MR) is 139 cm³/mol. The van der Waals surface area contributed by atoms with Crippen molar-refractivity contribution in [2.45, 2.75) is 63.7 Å². The number of primary amides is 1. The molecule has 0 aliphatic heterocycles. The number of nitrogens with two attached hydrogens (primary N) is 2. The summed E-state index contributed by atoms with van der Waals surface area (Å²) in [4.78, 5) is 61.9. The van der Waals surface area contributed by atoms with Crippen molar-refractivity contribution in [3.8, 4) is 5.75 Å². The maximum absolute atomic E-state index is 13.0. The largest absolute Gasteiger partial charge is 0.508 e. The quantitative estimate of drug-likeness (QED) is 0.144. The molecule has 4 amide bonds. The Morgan fingerprint density at radius 2 is 1.49 bits per heavy atom. The Hall–Kier alpha value is -3.32. The molecule has 0 fully saturated rings. The smallest absolute Gasteiger partial charge is 0.326 e. The Kier molecular flexibility index (Phi) is 13.5. The first kappa shape index (κ1) is 31.7. The molecule has 206 valence electrons. The predicted octanol–water partition coefficient (Wildman–Crippen LogP) is -0.524. The maximum Gasteiger partial charge on any atom is 0.326 e. The van der Waals surface area contributed by atoms with E-state index in [1.54, 1.807) is 13.2 Å². The molecule has 0 aromatic heterocycles. The van der Waals surface area contributed by atoms with Crippen molar-refractivity contribution in [3.63, 3.8) is 0 Å². The van der Waals surface area contributed by atoms with Crippen molar-refractivity contribution in [2.24, 2.45) is 17.4 Å². The summed E-state index contributed by atoms with van der Waals surface area (Å²) in [5.41, 5.74) is 11.7. The summed E-state index contributed by atoms with van der Waals surface area (Å²) < 4.78 is 0. The van der Waals surface area contributed by atoms with Crippen LogP contribution in [0.1, 0.15) is 38.7 Å². The monoisotopic (exact) mass is 539 g/mol. The van der Waals surface area contributed by atoms with Crippen LogP contribution in [0.2, 0.25) is 0 Å². The number of hydrogen-bond acceptors (Lipinski definition) is 8. The summed E-state index contributed by atoms with van der Waals surface area (Å²) in [6, 6.07) is 1.14. The number of carbonyl (C=O) groups is 5. The van der Waals surface area contributed by atoms with Gasteiger partial charge < -0.3 is 37.6 Å². The van der Waals surface area contributed by atoms with Crippen LogP contribution in [0.15, 0.2) is 24.3 Å². The molecule has 37 heavy (non-hydrogen) atoms. The van der Waals surface area contributed by atoms with Crippen LogP contribution in [0.4, 0.5) is 0 Å². The van der Waals surface area contributed by atoms with Gasteiger partial charge in [0.1, 0.15) is 23.9 Å². The van der Waals surface area contributed by atoms with Crippen molar-refractivity contribution < 1.29 is 34.2 Å². The molecule has 5 atom stereocenters. The van der Waals surface area contributed by atoms with Crippen LogP contribution < -0.4 is 27.4 Å². The number of thioether (sulfide) groups is 1. The van der Waals surface area contributed by atoms with Gasteiger partial charge >= 0.3 is 5.97 Å². The number of carboxylic acid groups (broad SMARTS) is 1. The second-order valence-corrected chi connectivity index (χ2v) is 9.74. The highest BCUT2D eigenvalue weighted by molar-refractivity contribution is 7.98. The van der Waals surface area contributed by atoms with E-state index in [9.17, 15) is 34.2 Å². The van der Waals surface area contributed by atoms with Crippen LogP contribution in [-0.4, -0.2) is 76.0 Å². The molecule has 0 spiro atoms. The first-order valence-corrected chi connectivity index (χ1v) is 13.2. The van der Waals surface area contributed by atoms with E-state index in [0.717, 1.165) is 0 Å². The third-order valence-corrected chi connectivity index (χ3v) is 6.48. The zero-order valence-electron chi connectivity index (χ0n) is 21.2. The lowest BCUT2D eigenvalue weighted by molar-refractivity contribution is -0.142. The van der Waals surface area contributed by atoms with E-state index < -0.39 is 60.2 Å². The molecule has 0 aliphatic carbocycles. The summed E-state index contributed by atoms with van der Waals surface area (Å²) >= 11 is 1.41. The molecule has 1 aromatic carbocycles. The van der Waals surface area contributed by atoms with Crippen LogP contribution in [0.3, 0.4) is 0 Å². The number of carboxylic acids is 1. The fraction of sp³-hybridized carbons (Fsp3) is 0.542. The number of benzene rings is 1. The molecule has 0 heterocycles. The molecular weight excluding hydrogens is 502 g/mol. The number of hydrogen-bond donors (Lipinski definition) is 7. The highest BCUT2D eigenvalue weighted by Gasteiger charge is 2.31. The van der Waals surface area contributed by atoms with Gasteiger partial charge in [-0.1, -0.05) is 32.4 Å². The topological polar surface area (TPSA) is 214 Å². The van der Waals surface area contributed by atoms with Crippen LogP contribution >= 0.6 is 11.8 Å². The Balaban J connectivity index is 3.02. The summed E-state index contributed by atoms with van der Waals surface area (Å²) in [6.07, 6.45) is 2.01. The van der Waals surface area contributed by atoms with Gasteiger partial charge in [0.15, 0.2) is 0 Å². The first-order valence-electron chi connectivity index (χ1n) is 11.8. The van der Waals surface area contributed by atoms with E-state index in [-0.39, 0.29) is 24.5 Å². The summed E-state index contributed by atoms with van der Waals surface area (Å²) in [5, 5.41) is 26.4. The Morgan fingerprint density at radius 3 is 2.00 bits per heavy atom. The molecular formula is C24H37N5O7S. The second-order valence-electron chi connectivity index (χ2n) is 8.76. The minimum atomic E-state index is -1.36. The molecule has 5 unspecified atom stereocenters. The lowest BCUT2D eigenvalue weighted by Crippen LogP contribution is -2.58. The molecule has 0 bridgehead atoms. The highest BCUT2D eigenvalue weighted by Crippen LogP contribution is 2.12. The second kappa shape index (κ2) is 15.7. The first-order chi connectivity index (χ1) is 17.4. The molecule has 13 heteroatoms. The normalized spacial score (nSPS) is 14.9. The molecule has 0 saturated carbocycles. The summed E-state index contributed by atoms with van der Waals surface area (Å²) in [7, 11) is 0. The lowest BCUT2D eigenvalue weighted by atomic mass is 9.99. The van der Waals surface area contributed by atoms with E-state index >= 15 is 0 Å². The van der Waals surface area contributed by atoms with Crippen LogP contribution in [0, 0.1) is 5.92 Å². The number of phenols is 1. The minimum Gasteiger partial charge on any atom is -0.508 e. The molecule has 9 N–H and O–H groups in total. The van der Waals surface area contributed by atoms with Crippen molar-refractivity contribution in [1.29, 1.82) is 0 Å². The zero-order chi connectivity index (χ0) is 28.1. The van der Waals surface area contributed by atoms with E-state index in [4.69, 9.17) is 11.5 Å². The van der Waals surface area contributed by atoms with Crippen molar-refractivity contribution in [2.75, 3.05) is 12.0 Å². The van der Waals surface area contributed by atoms with Crippen LogP contribution in [0.25, 0.3) is 0 Å². The third-order valence-electron chi connectivity index (χ3n) is 5.83. The fourth-order valence-corrected chi connectivity index (χ4v) is 3.78.